The van der Waals surface area contributed by atoms with Gasteiger partial charge in [0.05, 0.1) is 6.61 Å². The quantitative estimate of drug-likeness (QED) is 0.128. The van der Waals surface area contributed by atoms with Crippen molar-refractivity contribution in [3.63, 3.8) is 0 Å². The maximum Gasteiger partial charge on any atom is 0.330 e. The van der Waals surface area contributed by atoms with E-state index in [1.807, 2.05) is 0 Å². The van der Waals surface area contributed by atoms with E-state index in [1.165, 1.54) is 0 Å². The van der Waals surface area contributed by atoms with Gasteiger partial charge < -0.3 is 9.16 Å². The second kappa shape index (κ2) is 11.2. The van der Waals surface area contributed by atoms with Crippen molar-refractivity contribution in [1.29, 1.82) is 0 Å². The molecule has 2 aliphatic carbocycles. The topological polar surface area (TPSA) is 35.5 Å². The van der Waals surface area contributed by atoms with Crippen molar-refractivity contribution in [2.45, 2.75) is 110 Å². The van der Waals surface area contributed by atoms with Crippen molar-refractivity contribution in [3.05, 3.63) is 11.6 Å². The highest BCUT2D eigenvalue weighted by atomic mass is 28.4. The van der Waals surface area contributed by atoms with E-state index in [2.05, 4.69) is 13.8 Å². The molecule has 0 heterocycles. The minimum atomic E-state index is -3.22. The Kier molecular flexibility index (Phi) is 9.65. The number of rotatable bonds is 11. The van der Waals surface area contributed by atoms with Gasteiger partial charge in [0.1, 0.15) is 0 Å². The maximum absolute atomic E-state index is 13.8. The molecule has 0 aromatic carbocycles. The van der Waals surface area contributed by atoms with Crippen LogP contribution in [0.2, 0.25) is 19.6 Å². The molecule has 0 aliphatic heterocycles. The molecule has 4 atom stereocenters. The molecule has 8 heteroatoms. The van der Waals surface area contributed by atoms with Crippen molar-refractivity contribution in [3.8, 4) is 0 Å². The highest BCUT2D eigenvalue weighted by Crippen LogP contribution is 2.60. The number of halogens is 4. The average Bonchev–Trinajstić information content (AvgIpc) is 3.04. The highest BCUT2D eigenvalue weighted by molar-refractivity contribution is 6.69. The first-order valence-electron chi connectivity index (χ1n) is 12.4. The molecule has 0 saturated heterocycles. The third-order valence-electron chi connectivity index (χ3n) is 7.78. The number of fused-ring (bicyclic) bond motifs is 1. The Morgan fingerprint density at radius 2 is 1.85 bits per heavy atom. The molecule has 0 bridgehead atoms. The van der Waals surface area contributed by atoms with Crippen LogP contribution in [-0.2, 0) is 14.0 Å². The Morgan fingerprint density at radius 1 is 1.21 bits per heavy atom. The molecule has 3 nitrogen and oxygen atoms in total. The van der Waals surface area contributed by atoms with Gasteiger partial charge in [-0.2, -0.15) is 0 Å². The highest BCUT2D eigenvalue weighted by Gasteiger charge is 2.53. The Labute approximate surface area is 197 Å². The summed E-state index contributed by atoms with van der Waals surface area (Å²) in [5.74, 6) is 0.631. The summed E-state index contributed by atoms with van der Waals surface area (Å²) in [6, 6.07) is 0. The van der Waals surface area contributed by atoms with Crippen LogP contribution in [0.1, 0.15) is 72.1 Å². The molecule has 33 heavy (non-hydrogen) atoms. The van der Waals surface area contributed by atoms with E-state index in [0.29, 0.717) is 24.9 Å². The van der Waals surface area contributed by atoms with Crippen LogP contribution in [0.15, 0.2) is 11.6 Å². The van der Waals surface area contributed by atoms with Crippen LogP contribution in [0.5, 0.6) is 0 Å². The summed E-state index contributed by atoms with van der Waals surface area (Å²) < 4.78 is 65.8. The van der Waals surface area contributed by atoms with E-state index in [-0.39, 0.29) is 30.1 Å². The fourth-order valence-electron chi connectivity index (χ4n) is 6.45. The summed E-state index contributed by atoms with van der Waals surface area (Å²) in [5.41, 5.74) is -1.48. The molecule has 2 fully saturated rings. The van der Waals surface area contributed by atoms with Crippen LogP contribution in [0.25, 0.3) is 0 Å². The van der Waals surface area contributed by atoms with Crippen molar-refractivity contribution in [1.82, 2.24) is 0 Å². The van der Waals surface area contributed by atoms with Crippen LogP contribution in [0.3, 0.4) is 0 Å². The summed E-state index contributed by atoms with van der Waals surface area (Å²) in [4.78, 5) is 12.0. The Balaban J connectivity index is 2.08. The monoisotopic (exact) mass is 494 g/mol. The zero-order chi connectivity index (χ0) is 25.0. The molecule has 2 saturated carbocycles. The number of alkyl halides is 4. The Hall–Kier alpha value is -0.893. The van der Waals surface area contributed by atoms with Gasteiger partial charge in [-0.25, -0.2) is 22.4 Å². The normalized spacial score (nSPS) is 28.4. The van der Waals surface area contributed by atoms with Crippen molar-refractivity contribution >= 4 is 14.3 Å². The van der Waals surface area contributed by atoms with E-state index in [1.54, 1.807) is 32.6 Å². The van der Waals surface area contributed by atoms with Crippen LogP contribution >= 0.6 is 0 Å². The third kappa shape index (κ3) is 6.62. The first-order valence-corrected chi connectivity index (χ1v) is 15.8. The SMILES string of the molecule is CCOC(=O)/C=C1\CCC[C@]2(C)[C@@H]([C@H](C)CCCC(O[Si](C)(C)C)(C(F)F)C(F)F)CC[C@@H]12. The number of esters is 1. The number of hydrogen-bond acceptors (Lipinski definition) is 3. The fraction of sp³-hybridized carbons (Fsp3) is 0.880. The largest absolute Gasteiger partial charge is 0.463 e. The van der Waals surface area contributed by atoms with Crippen molar-refractivity contribution < 1.29 is 31.5 Å². The Bertz CT molecular complexity index is 684. The molecule has 2 aliphatic rings. The molecule has 2 rings (SSSR count). The summed E-state index contributed by atoms with van der Waals surface area (Å²) >= 11 is 0. The summed E-state index contributed by atoms with van der Waals surface area (Å²) in [7, 11) is -2.59. The van der Waals surface area contributed by atoms with Gasteiger partial charge in [-0.15, -0.1) is 0 Å². The molecule has 192 valence electrons. The minimum Gasteiger partial charge on any atom is -0.463 e. The van der Waals surface area contributed by atoms with Crippen LogP contribution in [0.4, 0.5) is 17.6 Å². The molecule has 0 N–H and O–H groups in total. The van der Waals surface area contributed by atoms with Crippen molar-refractivity contribution in [2.24, 2.45) is 23.2 Å². The Morgan fingerprint density at radius 3 is 2.39 bits per heavy atom. The first-order chi connectivity index (χ1) is 15.3. The molecule has 0 amide bonds. The van der Waals surface area contributed by atoms with Crippen LogP contribution in [-0.4, -0.2) is 39.3 Å². The van der Waals surface area contributed by atoms with E-state index >= 15 is 0 Å². The van der Waals surface area contributed by atoms with E-state index in [4.69, 9.17) is 9.16 Å². The summed E-state index contributed by atoms with van der Waals surface area (Å²) in [6.07, 6.45) is 0.751. The first kappa shape index (κ1) is 28.3. The number of allylic oxidation sites excluding steroid dienone is 1. The number of ether oxygens (including phenoxy) is 1. The zero-order valence-electron chi connectivity index (χ0n) is 21.1. The molecule has 0 aromatic heterocycles. The lowest BCUT2D eigenvalue weighted by molar-refractivity contribution is -0.169. The third-order valence-corrected chi connectivity index (χ3v) is 8.77. The summed E-state index contributed by atoms with van der Waals surface area (Å²) in [5, 5.41) is 0. The van der Waals surface area contributed by atoms with Gasteiger partial charge >= 0.3 is 5.97 Å². The van der Waals surface area contributed by atoms with Gasteiger partial charge in [-0.3, -0.25) is 0 Å². The van der Waals surface area contributed by atoms with E-state index in [9.17, 15) is 22.4 Å². The second-order valence-corrected chi connectivity index (χ2v) is 15.6. The van der Waals surface area contributed by atoms with Gasteiger partial charge in [-0.1, -0.05) is 25.8 Å². The van der Waals surface area contributed by atoms with Gasteiger partial charge in [0.25, 0.3) is 12.9 Å². The lowest BCUT2D eigenvalue weighted by atomic mass is 9.60. The van der Waals surface area contributed by atoms with E-state index < -0.39 is 26.8 Å². The molecule has 0 unspecified atom stereocenters. The van der Waals surface area contributed by atoms with Crippen LogP contribution < -0.4 is 0 Å². The molecular weight excluding hydrogens is 452 g/mol. The van der Waals surface area contributed by atoms with Crippen LogP contribution in [0, 0.1) is 23.2 Å². The number of hydrogen-bond donors (Lipinski definition) is 0. The van der Waals surface area contributed by atoms with Gasteiger partial charge in [0, 0.05) is 6.08 Å². The average molecular weight is 495 g/mol. The lowest BCUT2D eigenvalue weighted by Crippen LogP contribution is -2.53. The molecule has 0 radical (unpaired) electrons. The van der Waals surface area contributed by atoms with Gasteiger partial charge in [-0.05, 0) is 94.7 Å². The fourth-order valence-corrected chi connectivity index (χ4v) is 7.87. The standard InChI is InChI=1S/C25H42F4O3Si/c1-7-31-21(30)16-18-11-9-14-24(3)19(12-13-20(18)24)17(2)10-8-15-25(22(26)27,23(28)29)32-33(4,5)6/h16-17,19-20,22-23H,7-15H2,1-6H3/b18-16+/t17-,19-,20+,24-/m1/s1. The predicted molar refractivity (Wildman–Crippen MR) is 125 cm³/mol. The zero-order valence-corrected chi connectivity index (χ0v) is 22.1. The smallest absolute Gasteiger partial charge is 0.330 e. The van der Waals surface area contributed by atoms with Crippen molar-refractivity contribution in [2.75, 3.05) is 6.61 Å². The number of carbonyl (C=O) groups is 1. The molecular formula is C25H42F4O3Si. The molecule has 0 spiro atoms. The minimum absolute atomic E-state index is 0.0351. The van der Waals surface area contributed by atoms with E-state index in [0.717, 1.165) is 37.7 Å². The molecule has 0 aromatic rings. The summed E-state index contributed by atoms with van der Waals surface area (Å²) in [6.45, 7) is 11.5. The lowest BCUT2D eigenvalue weighted by Gasteiger charge is -2.44. The predicted octanol–water partition coefficient (Wildman–Crippen LogP) is 7.62. The maximum atomic E-state index is 13.8. The van der Waals surface area contributed by atoms with Gasteiger partial charge in [0.15, 0.2) is 13.9 Å². The second-order valence-electron chi connectivity index (χ2n) is 11.2. The number of carbonyl (C=O) groups excluding carboxylic acids is 1. The van der Waals surface area contributed by atoms with Gasteiger partial charge in [0.2, 0.25) is 0 Å².